The molecule has 146 valence electrons. The van der Waals surface area contributed by atoms with Crippen molar-refractivity contribution < 1.29 is 19.1 Å². The second-order valence-corrected chi connectivity index (χ2v) is 6.34. The van der Waals surface area contributed by atoms with Gasteiger partial charge in [-0.25, -0.2) is 0 Å². The van der Waals surface area contributed by atoms with Gasteiger partial charge in [-0.15, -0.1) is 0 Å². The molecule has 0 radical (unpaired) electrons. The standard InChI is InChI=1S/C22H24N2O4/c1-3-13-24-19-14-17(8-11-20(19)28-15-22(24)26)23-21(25)12-7-16-5-9-18(10-6-16)27-4-2/h5-12,14H,3-4,13,15H2,1-2H3,(H,23,25)/b12-7+. The summed E-state index contributed by atoms with van der Waals surface area (Å²) in [5.74, 6) is 1.12. The maximum atomic E-state index is 12.3. The Balaban J connectivity index is 1.68. The smallest absolute Gasteiger partial charge is 0.265 e. The minimum atomic E-state index is -0.251. The van der Waals surface area contributed by atoms with Gasteiger partial charge in [-0.1, -0.05) is 19.1 Å². The summed E-state index contributed by atoms with van der Waals surface area (Å²) in [5, 5.41) is 2.83. The molecule has 0 aliphatic carbocycles. The van der Waals surface area contributed by atoms with Crippen LogP contribution in [0.3, 0.4) is 0 Å². The number of fused-ring (bicyclic) bond motifs is 1. The number of rotatable bonds is 7. The summed E-state index contributed by atoms with van der Waals surface area (Å²) in [6, 6.07) is 12.8. The highest BCUT2D eigenvalue weighted by Crippen LogP contribution is 2.34. The van der Waals surface area contributed by atoms with Crippen molar-refractivity contribution in [1.29, 1.82) is 0 Å². The van der Waals surface area contributed by atoms with Crippen LogP contribution >= 0.6 is 0 Å². The summed E-state index contributed by atoms with van der Waals surface area (Å²) in [5.41, 5.74) is 2.20. The van der Waals surface area contributed by atoms with E-state index in [1.165, 1.54) is 6.08 Å². The number of nitrogens with zero attached hydrogens (tertiary/aromatic N) is 1. The first kappa shape index (κ1) is 19.5. The van der Waals surface area contributed by atoms with Crippen molar-refractivity contribution >= 4 is 29.3 Å². The number of anilines is 2. The van der Waals surface area contributed by atoms with Crippen molar-refractivity contribution in [2.75, 3.05) is 30.0 Å². The van der Waals surface area contributed by atoms with Gasteiger partial charge >= 0.3 is 0 Å². The van der Waals surface area contributed by atoms with E-state index in [1.807, 2.05) is 38.1 Å². The molecule has 0 atom stereocenters. The Morgan fingerprint density at radius 1 is 1.21 bits per heavy atom. The van der Waals surface area contributed by atoms with Gasteiger partial charge in [0.15, 0.2) is 6.61 Å². The molecular weight excluding hydrogens is 356 g/mol. The summed E-state index contributed by atoms with van der Waals surface area (Å²) in [4.78, 5) is 26.1. The van der Waals surface area contributed by atoms with Crippen LogP contribution < -0.4 is 19.7 Å². The fraction of sp³-hybridized carbons (Fsp3) is 0.273. The second kappa shape index (κ2) is 9.08. The minimum Gasteiger partial charge on any atom is -0.494 e. The number of hydrogen-bond donors (Lipinski definition) is 1. The predicted octanol–water partition coefficient (Wildman–Crippen LogP) is 3.87. The first-order chi connectivity index (χ1) is 13.6. The van der Waals surface area contributed by atoms with Gasteiger partial charge in [-0.2, -0.15) is 0 Å². The Morgan fingerprint density at radius 3 is 2.71 bits per heavy atom. The van der Waals surface area contributed by atoms with E-state index in [2.05, 4.69) is 5.32 Å². The largest absolute Gasteiger partial charge is 0.494 e. The van der Waals surface area contributed by atoms with E-state index in [4.69, 9.17) is 9.47 Å². The Morgan fingerprint density at radius 2 is 2.00 bits per heavy atom. The van der Waals surface area contributed by atoms with E-state index in [-0.39, 0.29) is 18.4 Å². The predicted molar refractivity (Wildman–Crippen MR) is 110 cm³/mol. The van der Waals surface area contributed by atoms with Crippen LogP contribution in [0.4, 0.5) is 11.4 Å². The summed E-state index contributed by atoms with van der Waals surface area (Å²) < 4.78 is 10.9. The minimum absolute atomic E-state index is 0.0452. The van der Waals surface area contributed by atoms with Crippen molar-refractivity contribution in [2.24, 2.45) is 0 Å². The molecular formula is C22H24N2O4. The molecule has 1 aliphatic rings. The number of benzene rings is 2. The Hall–Kier alpha value is -3.28. The third-order valence-corrected chi connectivity index (χ3v) is 4.23. The topological polar surface area (TPSA) is 67.9 Å². The average molecular weight is 380 g/mol. The molecule has 2 amide bonds. The molecule has 0 spiro atoms. The zero-order valence-corrected chi connectivity index (χ0v) is 16.1. The number of nitrogens with one attached hydrogen (secondary N) is 1. The molecule has 0 aromatic heterocycles. The van der Waals surface area contributed by atoms with Gasteiger partial charge in [-0.3, -0.25) is 9.59 Å². The zero-order valence-electron chi connectivity index (χ0n) is 16.1. The Bertz CT molecular complexity index is 875. The molecule has 2 aromatic rings. The van der Waals surface area contributed by atoms with Crippen molar-refractivity contribution in [1.82, 2.24) is 0 Å². The monoisotopic (exact) mass is 380 g/mol. The first-order valence-corrected chi connectivity index (χ1v) is 9.40. The van der Waals surface area contributed by atoms with Gasteiger partial charge in [0, 0.05) is 18.3 Å². The molecule has 0 unspecified atom stereocenters. The summed E-state index contributed by atoms with van der Waals surface area (Å²) in [6.45, 7) is 5.22. The third kappa shape index (κ3) is 4.71. The van der Waals surface area contributed by atoms with Crippen molar-refractivity contribution in [3.05, 3.63) is 54.1 Å². The van der Waals surface area contributed by atoms with Crippen LogP contribution in [0.25, 0.3) is 6.08 Å². The molecule has 2 aromatic carbocycles. The molecule has 28 heavy (non-hydrogen) atoms. The molecule has 0 bridgehead atoms. The molecule has 1 heterocycles. The average Bonchev–Trinajstić information content (AvgIpc) is 2.70. The van der Waals surface area contributed by atoms with E-state index in [0.29, 0.717) is 30.3 Å². The normalized spacial score (nSPS) is 13.2. The van der Waals surface area contributed by atoms with E-state index < -0.39 is 0 Å². The summed E-state index contributed by atoms with van der Waals surface area (Å²) in [7, 11) is 0. The number of ether oxygens (including phenoxy) is 2. The van der Waals surface area contributed by atoms with Crippen LogP contribution in [0.5, 0.6) is 11.5 Å². The van der Waals surface area contributed by atoms with Crippen molar-refractivity contribution in [3.8, 4) is 11.5 Å². The lowest BCUT2D eigenvalue weighted by Gasteiger charge is -2.29. The van der Waals surface area contributed by atoms with Gasteiger partial charge in [0.1, 0.15) is 11.5 Å². The van der Waals surface area contributed by atoms with Crippen LogP contribution in [0, 0.1) is 0 Å². The number of hydrogen-bond acceptors (Lipinski definition) is 4. The Kier molecular flexibility index (Phi) is 6.32. The number of carbonyl (C=O) groups is 2. The molecule has 1 aliphatic heterocycles. The fourth-order valence-corrected chi connectivity index (χ4v) is 2.95. The lowest BCUT2D eigenvalue weighted by Crippen LogP contribution is -2.39. The molecule has 0 saturated heterocycles. The SMILES string of the molecule is CCCN1C(=O)COc2ccc(NC(=O)/C=C/c3ccc(OCC)cc3)cc21. The number of carbonyl (C=O) groups excluding carboxylic acids is 2. The van der Waals surface area contributed by atoms with Gasteiger partial charge in [0.05, 0.1) is 12.3 Å². The lowest BCUT2D eigenvalue weighted by atomic mass is 10.2. The van der Waals surface area contributed by atoms with E-state index in [0.717, 1.165) is 17.7 Å². The lowest BCUT2D eigenvalue weighted by molar-refractivity contribution is -0.121. The highest BCUT2D eigenvalue weighted by molar-refractivity contribution is 6.03. The maximum Gasteiger partial charge on any atom is 0.265 e. The van der Waals surface area contributed by atoms with Crippen LogP contribution in [0.15, 0.2) is 48.5 Å². The van der Waals surface area contributed by atoms with Gasteiger partial charge in [0.2, 0.25) is 5.91 Å². The van der Waals surface area contributed by atoms with Crippen LogP contribution in [-0.4, -0.2) is 31.6 Å². The van der Waals surface area contributed by atoms with Crippen molar-refractivity contribution in [3.63, 3.8) is 0 Å². The van der Waals surface area contributed by atoms with E-state index in [1.54, 1.807) is 29.2 Å². The van der Waals surface area contributed by atoms with Gasteiger partial charge < -0.3 is 19.7 Å². The van der Waals surface area contributed by atoms with E-state index in [9.17, 15) is 9.59 Å². The highest BCUT2D eigenvalue weighted by atomic mass is 16.5. The summed E-state index contributed by atoms with van der Waals surface area (Å²) >= 11 is 0. The second-order valence-electron chi connectivity index (χ2n) is 6.34. The molecule has 0 saturated carbocycles. The molecule has 6 nitrogen and oxygen atoms in total. The quantitative estimate of drug-likeness (QED) is 0.741. The summed E-state index contributed by atoms with van der Waals surface area (Å²) in [6.07, 6.45) is 4.05. The van der Waals surface area contributed by atoms with Gasteiger partial charge in [0.25, 0.3) is 5.91 Å². The van der Waals surface area contributed by atoms with Crippen LogP contribution in [-0.2, 0) is 9.59 Å². The molecule has 1 N–H and O–H groups in total. The van der Waals surface area contributed by atoms with Gasteiger partial charge in [-0.05, 0) is 55.3 Å². The molecule has 6 heteroatoms. The van der Waals surface area contributed by atoms with Crippen LogP contribution in [0.1, 0.15) is 25.8 Å². The molecule has 3 rings (SSSR count). The van der Waals surface area contributed by atoms with Crippen molar-refractivity contribution in [2.45, 2.75) is 20.3 Å². The van der Waals surface area contributed by atoms with E-state index >= 15 is 0 Å². The third-order valence-electron chi connectivity index (χ3n) is 4.23. The maximum absolute atomic E-state index is 12.3. The zero-order chi connectivity index (χ0) is 19.9. The van der Waals surface area contributed by atoms with Crippen LogP contribution in [0.2, 0.25) is 0 Å². The fourth-order valence-electron chi connectivity index (χ4n) is 2.95. The Labute approximate surface area is 164 Å². The first-order valence-electron chi connectivity index (χ1n) is 9.40. The number of amides is 2. The highest BCUT2D eigenvalue weighted by Gasteiger charge is 2.25. The molecule has 0 fully saturated rings.